The molecule has 0 unspecified atom stereocenters. The summed E-state index contributed by atoms with van der Waals surface area (Å²) in [5.41, 5.74) is -0.665. The van der Waals surface area contributed by atoms with Crippen LogP contribution in [-0.4, -0.2) is 57.0 Å². The molecule has 0 aliphatic rings. The van der Waals surface area contributed by atoms with Gasteiger partial charge in [-0.15, -0.1) is 0 Å². The van der Waals surface area contributed by atoms with E-state index in [1.165, 1.54) is 7.11 Å². The molecule has 0 fully saturated rings. The molecular weight excluding hydrogens is 354 g/mol. The Morgan fingerprint density at radius 2 is 1.62 bits per heavy atom. The minimum atomic E-state index is -1.95. The summed E-state index contributed by atoms with van der Waals surface area (Å²) in [6, 6.07) is -0.877. The van der Waals surface area contributed by atoms with Crippen molar-refractivity contribution in [1.82, 2.24) is 5.32 Å². The number of esters is 1. The molecule has 1 amide bonds. The maximum absolute atomic E-state index is 11.9. The maximum Gasteiger partial charge on any atom is 0.408 e. The maximum atomic E-state index is 11.9. The van der Waals surface area contributed by atoms with Gasteiger partial charge in [0.2, 0.25) is 0 Å². The number of aliphatic hydroxyl groups is 1. The van der Waals surface area contributed by atoms with Crippen LogP contribution in [0.4, 0.5) is 4.79 Å². The van der Waals surface area contributed by atoms with Crippen LogP contribution in [0.3, 0.4) is 0 Å². The lowest BCUT2D eigenvalue weighted by Gasteiger charge is -2.36. The van der Waals surface area contributed by atoms with Crippen LogP contribution >= 0.6 is 0 Å². The van der Waals surface area contributed by atoms with E-state index in [9.17, 15) is 14.7 Å². The largest absolute Gasteiger partial charge is 0.467 e. The van der Waals surface area contributed by atoms with Gasteiger partial charge >= 0.3 is 12.1 Å². The summed E-state index contributed by atoms with van der Waals surface area (Å²) in [4.78, 5) is 23.8. The van der Waals surface area contributed by atoms with Crippen molar-refractivity contribution in [2.75, 3.05) is 13.7 Å². The minimum Gasteiger partial charge on any atom is -0.467 e. The average Bonchev–Trinajstić information content (AvgIpc) is 2.45. The van der Waals surface area contributed by atoms with Crippen LogP contribution in [-0.2, 0) is 18.7 Å². The second-order valence-electron chi connectivity index (χ2n) is 9.02. The molecule has 0 aliphatic heterocycles. The van der Waals surface area contributed by atoms with Gasteiger partial charge in [-0.05, 0) is 51.7 Å². The molecule has 154 valence electrons. The third-order valence-electron chi connectivity index (χ3n) is 4.41. The van der Waals surface area contributed by atoms with E-state index in [0.29, 0.717) is 6.42 Å². The fraction of sp³-hybridized carbons (Fsp3) is 0.889. The van der Waals surface area contributed by atoms with E-state index >= 15 is 0 Å². The number of aliphatic hydroxyl groups excluding tert-OH is 1. The monoisotopic (exact) mass is 391 g/mol. The molecule has 0 bridgehead atoms. The molecule has 0 saturated heterocycles. The number of carbonyl (C=O) groups is 2. The highest BCUT2D eigenvalue weighted by Gasteiger charge is 2.37. The van der Waals surface area contributed by atoms with E-state index in [1.54, 1.807) is 20.8 Å². The first-order valence-electron chi connectivity index (χ1n) is 8.98. The van der Waals surface area contributed by atoms with Crippen LogP contribution < -0.4 is 5.32 Å². The molecule has 7 nitrogen and oxygen atoms in total. The predicted octanol–water partition coefficient (Wildman–Crippen LogP) is 3.22. The van der Waals surface area contributed by atoms with E-state index in [2.05, 4.69) is 39.2 Å². The molecule has 2 N–H and O–H groups in total. The molecule has 0 aromatic rings. The zero-order chi connectivity index (χ0) is 20.8. The third kappa shape index (κ3) is 9.54. The van der Waals surface area contributed by atoms with Gasteiger partial charge in [0.1, 0.15) is 11.6 Å². The molecule has 0 aromatic heterocycles. The summed E-state index contributed by atoms with van der Waals surface area (Å²) >= 11 is 0. The standard InChI is InChI=1S/C18H37NO6Si/c1-17(2,3)25-16(22)19-14(15(21)23-7)11-10-13(20)12-24-26(8,9)18(4,5)6/h13-14,20H,10-12H2,1-9H3,(H,19,22)/t13-,14-/m0/s1. The zero-order valence-corrected chi connectivity index (χ0v) is 18.8. The molecule has 0 saturated carbocycles. The Balaban J connectivity index is 4.61. The molecule has 26 heavy (non-hydrogen) atoms. The van der Waals surface area contributed by atoms with Crippen molar-refractivity contribution in [1.29, 1.82) is 0 Å². The number of nitrogens with one attached hydrogen (secondary N) is 1. The molecular formula is C18H37NO6Si. The van der Waals surface area contributed by atoms with E-state index in [4.69, 9.17) is 13.9 Å². The molecule has 0 aliphatic carbocycles. The van der Waals surface area contributed by atoms with Gasteiger partial charge in [0.05, 0.1) is 19.8 Å². The first-order valence-corrected chi connectivity index (χ1v) is 11.9. The van der Waals surface area contributed by atoms with Crippen molar-refractivity contribution in [3.63, 3.8) is 0 Å². The van der Waals surface area contributed by atoms with Crippen LogP contribution in [0.25, 0.3) is 0 Å². The summed E-state index contributed by atoms with van der Waals surface area (Å²) in [6.07, 6.45) is -0.894. The first-order chi connectivity index (χ1) is 11.6. The number of hydrogen-bond donors (Lipinski definition) is 2. The molecule has 0 aromatic carbocycles. The number of ether oxygens (including phenoxy) is 2. The van der Waals surface area contributed by atoms with Gasteiger partial charge in [-0.1, -0.05) is 20.8 Å². The fourth-order valence-corrected chi connectivity index (χ4v) is 2.85. The van der Waals surface area contributed by atoms with Gasteiger partial charge in [-0.25, -0.2) is 9.59 Å². The Hall–Kier alpha value is -1.12. The van der Waals surface area contributed by atoms with Gasteiger partial charge < -0.3 is 24.3 Å². The molecule has 0 spiro atoms. The van der Waals surface area contributed by atoms with Gasteiger partial charge in [0.25, 0.3) is 0 Å². The van der Waals surface area contributed by atoms with Gasteiger partial charge in [-0.3, -0.25) is 0 Å². The highest BCUT2D eigenvalue weighted by Crippen LogP contribution is 2.36. The summed E-state index contributed by atoms with van der Waals surface area (Å²) in [6.45, 7) is 16.0. The number of carbonyl (C=O) groups excluding carboxylic acids is 2. The fourth-order valence-electron chi connectivity index (χ4n) is 1.80. The lowest BCUT2D eigenvalue weighted by atomic mass is 10.1. The van der Waals surface area contributed by atoms with E-state index in [-0.39, 0.29) is 18.1 Å². The number of amides is 1. The Morgan fingerprint density at radius 1 is 1.08 bits per heavy atom. The number of alkyl carbamates (subject to hydrolysis) is 1. The Morgan fingerprint density at radius 3 is 2.04 bits per heavy atom. The van der Waals surface area contributed by atoms with Crippen molar-refractivity contribution >= 4 is 20.4 Å². The highest BCUT2D eigenvalue weighted by molar-refractivity contribution is 6.74. The van der Waals surface area contributed by atoms with Gasteiger partial charge in [0.15, 0.2) is 8.32 Å². The van der Waals surface area contributed by atoms with E-state index < -0.39 is 38.1 Å². The number of methoxy groups -OCH3 is 1. The predicted molar refractivity (Wildman–Crippen MR) is 104 cm³/mol. The summed E-state index contributed by atoms with van der Waals surface area (Å²) in [7, 11) is -0.694. The highest BCUT2D eigenvalue weighted by atomic mass is 28.4. The Labute approximate surface area is 158 Å². The molecule has 2 atom stereocenters. The second kappa shape index (κ2) is 9.71. The van der Waals surface area contributed by atoms with Crippen molar-refractivity contribution in [2.24, 2.45) is 0 Å². The van der Waals surface area contributed by atoms with Gasteiger partial charge in [-0.2, -0.15) is 0 Å². The van der Waals surface area contributed by atoms with Crippen LogP contribution in [0, 0.1) is 0 Å². The minimum absolute atomic E-state index is 0.0551. The Bertz CT molecular complexity index is 467. The summed E-state index contributed by atoms with van der Waals surface area (Å²) < 4.78 is 15.9. The normalized spacial score (nSPS) is 15.2. The molecule has 0 radical (unpaired) electrons. The quantitative estimate of drug-likeness (QED) is 0.487. The first kappa shape index (κ1) is 24.9. The Kier molecular flexibility index (Phi) is 9.29. The number of rotatable bonds is 8. The average molecular weight is 392 g/mol. The molecule has 0 rings (SSSR count). The van der Waals surface area contributed by atoms with Crippen molar-refractivity contribution < 1.29 is 28.6 Å². The summed E-state index contributed by atoms with van der Waals surface area (Å²) in [5, 5.41) is 12.8. The lowest BCUT2D eigenvalue weighted by molar-refractivity contribution is -0.143. The van der Waals surface area contributed by atoms with Crippen LogP contribution in [0.5, 0.6) is 0 Å². The third-order valence-corrected chi connectivity index (χ3v) is 8.91. The molecule has 0 heterocycles. The van der Waals surface area contributed by atoms with Crippen LogP contribution in [0.2, 0.25) is 18.1 Å². The van der Waals surface area contributed by atoms with E-state index in [1.807, 2.05) is 0 Å². The lowest BCUT2D eigenvalue weighted by Crippen LogP contribution is -2.45. The number of hydrogen-bond acceptors (Lipinski definition) is 6. The van der Waals surface area contributed by atoms with E-state index in [0.717, 1.165) is 0 Å². The van der Waals surface area contributed by atoms with Crippen molar-refractivity contribution in [3.8, 4) is 0 Å². The smallest absolute Gasteiger partial charge is 0.408 e. The van der Waals surface area contributed by atoms with Gasteiger partial charge in [0, 0.05) is 0 Å². The van der Waals surface area contributed by atoms with Crippen LogP contribution in [0.1, 0.15) is 54.4 Å². The zero-order valence-electron chi connectivity index (χ0n) is 17.8. The van der Waals surface area contributed by atoms with Crippen LogP contribution in [0.15, 0.2) is 0 Å². The molecule has 8 heteroatoms. The van der Waals surface area contributed by atoms with Crippen molar-refractivity contribution in [3.05, 3.63) is 0 Å². The summed E-state index contributed by atoms with van der Waals surface area (Å²) in [5.74, 6) is -0.576. The topological polar surface area (TPSA) is 94.1 Å². The SMILES string of the molecule is COC(=O)[C@H](CC[C@H](O)CO[Si](C)(C)C(C)(C)C)NC(=O)OC(C)(C)C. The van der Waals surface area contributed by atoms with Crippen molar-refractivity contribution in [2.45, 2.75) is 90.3 Å². The second-order valence-corrected chi connectivity index (χ2v) is 13.8.